The van der Waals surface area contributed by atoms with Crippen molar-refractivity contribution in [1.29, 1.82) is 0 Å². The normalized spacial score (nSPS) is 10.4. The van der Waals surface area contributed by atoms with Gasteiger partial charge in [0.05, 0.1) is 5.02 Å². The summed E-state index contributed by atoms with van der Waals surface area (Å²) in [5, 5.41) is 0.186. The molecule has 0 heterocycles. The Kier molecular flexibility index (Phi) is 4.56. The number of benzene rings is 1. The highest BCUT2D eigenvalue weighted by Crippen LogP contribution is 2.19. The van der Waals surface area contributed by atoms with Gasteiger partial charge >= 0.3 is 0 Å². The Hall–Kier alpha value is -0.250. The highest BCUT2D eigenvalue weighted by molar-refractivity contribution is 7.98. The number of hydrogen-bond donors (Lipinski definition) is 1. The van der Waals surface area contributed by atoms with Crippen LogP contribution in [-0.2, 0) is 5.75 Å². The van der Waals surface area contributed by atoms with Crippen LogP contribution in [0, 0.1) is 5.82 Å². The summed E-state index contributed by atoms with van der Waals surface area (Å²) in [5.41, 5.74) is 6.37. The lowest BCUT2D eigenvalue weighted by Gasteiger charge is -2.01. The minimum absolute atomic E-state index is 0.186. The van der Waals surface area contributed by atoms with Crippen molar-refractivity contribution in [1.82, 2.24) is 0 Å². The van der Waals surface area contributed by atoms with E-state index in [0.29, 0.717) is 6.54 Å². The van der Waals surface area contributed by atoms with Gasteiger partial charge in [-0.1, -0.05) is 17.7 Å². The largest absolute Gasteiger partial charge is 0.330 e. The molecule has 4 heteroatoms. The molecule has 0 aliphatic carbocycles. The van der Waals surface area contributed by atoms with Crippen molar-refractivity contribution in [3.63, 3.8) is 0 Å². The molecule has 0 amide bonds. The summed E-state index contributed by atoms with van der Waals surface area (Å²) in [6, 6.07) is 4.78. The molecular formula is C9H11ClFNS. The van der Waals surface area contributed by atoms with E-state index in [1.807, 2.05) is 0 Å². The Balaban J connectivity index is 2.53. The zero-order valence-corrected chi connectivity index (χ0v) is 8.67. The molecule has 0 aliphatic heterocycles. The van der Waals surface area contributed by atoms with Crippen molar-refractivity contribution in [3.05, 3.63) is 34.6 Å². The molecule has 1 rings (SSSR count). The molecule has 0 aliphatic rings. The van der Waals surface area contributed by atoms with Crippen LogP contribution in [0.4, 0.5) is 4.39 Å². The van der Waals surface area contributed by atoms with E-state index in [0.717, 1.165) is 17.1 Å². The van der Waals surface area contributed by atoms with Crippen LogP contribution in [0.25, 0.3) is 0 Å². The van der Waals surface area contributed by atoms with Crippen LogP contribution >= 0.6 is 23.4 Å². The first-order chi connectivity index (χ1) is 6.24. The predicted octanol–water partition coefficient (Wildman–Crippen LogP) is 2.67. The Morgan fingerprint density at radius 3 is 2.85 bits per heavy atom. The maximum Gasteiger partial charge on any atom is 0.141 e. The molecule has 0 radical (unpaired) electrons. The van der Waals surface area contributed by atoms with Gasteiger partial charge in [-0.25, -0.2) is 4.39 Å². The van der Waals surface area contributed by atoms with E-state index >= 15 is 0 Å². The van der Waals surface area contributed by atoms with E-state index in [-0.39, 0.29) is 10.8 Å². The molecule has 2 N–H and O–H groups in total. The summed E-state index contributed by atoms with van der Waals surface area (Å²) in [6.07, 6.45) is 0. The first kappa shape index (κ1) is 10.8. The van der Waals surface area contributed by atoms with Gasteiger partial charge in [0.2, 0.25) is 0 Å². The van der Waals surface area contributed by atoms with Crippen LogP contribution in [0.1, 0.15) is 5.56 Å². The van der Waals surface area contributed by atoms with E-state index < -0.39 is 0 Å². The minimum atomic E-state index is -0.366. The lowest BCUT2D eigenvalue weighted by molar-refractivity contribution is 0.628. The standard InChI is InChI=1S/C9H11ClFNS/c10-8-5-7(1-2-9(8)11)6-13-4-3-12/h1-2,5H,3-4,6,12H2. The van der Waals surface area contributed by atoms with E-state index in [9.17, 15) is 4.39 Å². The summed E-state index contributed by atoms with van der Waals surface area (Å²) in [7, 11) is 0. The average molecular weight is 220 g/mol. The van der Waals surface area contributed by atoms with Gasteiger partial charge in [0, 0.05) is 18.1 Å². The molecule has 1 aromatic rings. The van der Waals surface area contributed by atoms with Crippen LogP contribution in [0.5, 0.6) is 0 Å². The number of rotatable bonds is 4. The van der Waals surface area contributed by atoms with E-state index in [1.165, 1.54) is 6.07 Å². The fourth-order valence-electron chi connectivity index (χ4n) is 0.903. The van der Waals surface area contributed by atoms with Crippen LogP contribution in [-0.4, -0.2) is 12.3 Å². The van der Waals surface area contributed by atoms with Gasteiger partial charge in [0.25, 0.3) is 0 Å². The molecule has 0 atom stereocenters. The fraction of sp³-hybridized carbons (Fsp3) is 0.333. The minimum Gasteiger partial charge on any atom is -0.330 e. The maximum absolute atomic E-state index is 12.7. The molecule has 13 heavy (non-hydrogen) atoms. The zero-order chi connectivity index (χ0) is 9.68. The molecule has 0 saturated carbocycles. The monoisotopic (exact) mass is 219 g/mol. The molecular weight excluding hydrogens is 209 g/mol. The summed E-state index contributed by atoms with van der Waals surface area (Å²) in [4.78, 5) is 0. The van der Waals surface area contributed by atoms with Gasteiger partial charge in [-0.05, 0) is 17.7 Å². The Bertz CT molecular complexity index is 280. The third-order valence-corrected chi connectivity index (χ3v) is 2.87. The van der Waals surface area contributed by atoms with Gasteiger partial charge in [-0.3, -0.25) is 0 Å². The highest BCUT2D eigenvalue weighted by atomic mass is 35.5. The van der Waals surface area contributed by atoms with Crippen molar-refractivity contribution in [2.75, 3.05) is 12.3 Å². The SMILES string of the molecule is NCCSCc1ccc(F)c(Cl)c1. The molecule has 1 aromatic carbocycles. The fourth-order valence-corrected chi connectivity index (χ4v) is 1.83. The first-order valence-electron chi connectivity index (χ1n) is 3.96. The highest BCUT2D eigenvalue weighted by Gasteiger charge is 2.00. The molecule has 1 nitrogen and oxygen atoms in total. The van der Waals surface area contributed by atoms with Gasteiger partial charge in [-0.2, -0.15) is 11.8 Å². The van der Waals surface area contributed by atoms with Crippen molar-refractivity contribution in [2.24, 2.45) is 5.73 Å². The van der Waals surface area contributed by atoms with Crippen LogP contribution < -0.4 is 5.73 Å². The topological polar surface area (TPSA) is 26.0 Å². The van der Waals surface area contributed by atoms with Crippen molar-refractivity contribution in [2.45, 2.75) is 5.75 Å². The molecule has 0 aromatic heterocycles. The maximum atomic E-state index is 12.7. The summed E-state index contributed by atoms with van der Waals surface area (Å²) >= 11 is 7.33. The molecule has 0 bridgehead atoms. The molecule has 0 saturated heterocycles. The molecule has 0 unspecified atom stereocenters. The van der Waals surface area contributed by atoms with E-state index in [2.05, 4.69) is 0 Å². The molecule has 72 valence electrons. The number of halogens is 2. The lowest BCUT2D eigenvalue weighted by Crippen LogP contribution is -2.01. The van der Waals surface area contributed by atoms with Gasteiger partial charge in [-0.15, -0.1) is 0 Å². The number of thioether (sulfide) groups is 1. The van der Waals surface area contributed by atoms with Crippen molar-refractivity contribution < 1.29 is 4.39 Å². The van der Waals surface area contributed by atoms with Crippen molar-refractivity contribution >= 4 is 23.4 Å². The van der Waals surface area contributed by atoms with E-state index in [1.54, 1.807) is 23.9 Å². The second-order valence-corrected chi connectivity index (χ2v) is 4.10. The van der Waals surface area contributed by atoms with E-state index in [4.69, 9.17) is 17.3 Å². The lowest BCUT2D eigenvalue weighted by atomic mass is 10.2. The smallest absolute Gasteiger partial charge is 0.141 e. The number of hydrogen-bond acceptors (Lipinski definition) is 2. The Morgan fingerprint density at radius 1 is 1.46 bits per heavy atom. The summed E-state index contributed by atoms with van der Waals surface area (Å²) < 4.78 is 12.7. The van der Waals surface area contributed by atoms with Crippen LogP contribution in [0.2, 0.25) is 5.02 Å². The van der Waals surface area contributed by atoms with Gasteiger partial charge in [0.1, 0.15) is 5.82 Å². The van der Waals surface area contributed by atoms with Crippen molar-refractivity contribution in [3.8, 4) is 0 Å². The molecule has 0 spiro atoms. The second kappa shape index (κ2) is 5.47. The average Bonchev–Trinajstić information content (AvgIpc) is 2.12. The summed E-state index contributed by atoms with van der Waals surface area (Å²) in [6.45, 7) is 0.666. The predicted molar refractivity (Wildman–Crippen MR) is 56.6 cm³/mol. The first-order valence-corrected chi connectivity index (χ1v) is 5.49. The third-order valence-electron chi connectivity index (χ3n) is 1.51. The van der Waals surface area contributed by atoms with Crippen LogP contribution in [0.15, 0.2) is 18.2 Å². The second-order valence-electron chi connectivity index (χ2n) is 2.59. The molecule has 0 fully saturated rings. The Labute approximate surface area is 86.5 Å². The van der Waals surface area contributed by atoms with Gasteiger partial charge in [0.15, 0.2) is 0 Å². The Morgan fingerprint density at radius 2 is 2.23 bits per heavy atom. The number of nitrogens with two attached hydrogens (primary N) is 1. The summed E-state index contributed by atoms with van der Waals surface area (Å²) in [5.74, 6) is 1.38. The zero-order valence-electron chi connectivity index (χ0n) is 7.09. The van der Waals surface area contributed by atoms with Gasteiger partial charge < -0.3 is 5.73 Å². The van der Waals surface area contributed by atoms with Crippen LogP contribution in [0.3, 0.4) is 0 Å². The third kappa shape index (κ3) is 3.55. The quantitative estimate of drug-likeness (QED) is 0.788.